The first kappa shape index (κ1) is 13.6. The second kappa shape index (κ2) is 6.38. The average molecular weight is 277 g/mol. The highest BCUT2D eigenvalue weighted by atomic mass is 35.5. The number of rotatable bonds is 5. The molecule has 0 fully saturated rings. The van der Waals surface area contributed by atoms with Gasteiger partial charge in [0.2, 0.25) is 5.95 Å². The normalized spacial score (nSPS) is 11.9. The molecule has 0 spiro atoms. The van der Waals surface area contributed by atoms with Gasteiger partial charge < -0.3 is 10.6 Å². The summed E-state index contributed by atoms with van der Waals surface area (Å²) in [7, 11) is 0. The fourth-order valence-electron chi connectivity index (χ4n) is 1.55. The fraction of sp³-hybridized carbons (Fsp3) is 0.286. The molecule has 1 aromatic heterocycles. The molecule has 4 nitrogen and oxygen atoms in total. The minimum Gasteiger partial charge on any atom is -0.367 e. The van der Waals surface area contributed by atoms with Gasteiger partial charge in [-0.05, 0) is 37.6 Å². The van der Waals surface area contributed by atoms with E-state index in [0.717, 1.165) is 17.9 Å². The monoisotopic (exact) mass is 276 g/mol. The van der Waals surface area contributed by atoms with E-state index >= 15 is 0 Å². The zero-order chi connectivity index (χ0) is 13.7. The first-order valence-corrected chi connectivity index (χ1v) is 6.67. The van der Waals surface area contributed by atoms with Crippen molar-refractivity contribution < 1.29 is 0 Å². The Hall–Kier alpha value is -1.81. The summed E-state index contributed by atoms with van der Waals surface area (Å²) in [5.41, 5.74) is 0.869. The van der Waals surface area contributed by atoms with Crippen LogP contribution in [-0.4, -0.2) is 16.0 Å². The smallest absolute Gasteiger partial charge is 0.229 e. The van der Waals surface area contributed by atoms with Gasteiger partial charge in [-0.25, -0.2) is 4.98 Å². The van der Waals surface area contributed by atoms with Crippen LogP contribution in [0.5, 0.6) is 0 Å². The third-order valence-electron chi connectivity index (χ3n) is 2.74. The summed E-state index contributed by atoms with van der Waals surface area (Å²) in [6.45, 7) is 4.25. The highest BCUT2D eigenvalue weighted by molar-refractivity contribution is 6.30. The maximum absolute atomic E-state index is 5.94. The second-order valence-corrected chi connectivity index (χ2v) is 4.79. The molecule has 0 radical (unpaired) electrons. The molecule has 0 aliphatic carbocycles. The van der Waals surface area contributed by atoms with E-state index in [1.165, 1.54) is 0 Å². The van der Waals surface area contributed by atoms with Crippen molar-refractivity contribution in [2.45, 2.75) is 26.3 Å². The quantitative estimate of drug-likeness (QED) is 0.864. The molecule has 2 aromatic rings. The van der Waals surface area contributed by atoms with Crippen molar-refractivity contribution in [1.29, 1.82) is 0 Å². The Kier molecular flexibility index (Phi) is 4.58. The summed E-state index contributed by atoms with van der Waals surface area (Å²) in [5, 5.41) is 7.12. The summed E-state index contributed by atoms with van der Waals surface area (Å²) in [6, 6.07) is 9.70. The lowest BCUT2D eigenvalue weighted by Gasteiger charge is -2.12. The SMILES string of the molecule is CCC(C)Nc1ccnc(Nc2cccc(Cl)c2)n1. The van der Waals surface area contributed by atoms with E-state index in [9.17, 15) is 0 Å². The van der Waals surface area contributed by atoms with Gasteiger partial charge in [0.25, 0.3) is 0 Å². The zero-order valence-electron chi connectivity index (χ0n) is 11.0. The molecule has 5 heteroatoms. The molecule has 19 heavy (non-hydrogen) atoms. The summed E-state index contributed by atoms with van der Waals surface area (Å²) >= 11 is 5.94. The molecular formula is C14H17ClN4. The Morgan fingerprint density at radius 2 is 2.16 bits per heavy atom. The van der Waals surface area contributed by atoms with E-state index < -0.39 is 0 Å². The standard InChI is InChI=1S/C14H17ClN4/c1-3-10(2)17-13-7-8-16-14(19-13)18-12-6-4-5-11(15)9-12/h4-10H,3H2,1-2H3,(H2,16,17,18,19). The van der Waals surface area contributed by atoms with Crippen LogP contribution in [0.15, 0.2) is 36.5 Å². The van der Waals surface area contributed by atoms with Crippen LogP contribution >= 0.6 is 11.6 Å². The Balaban J connectivity index is 2.10. The predicted molar refractivity (Wildman–Crippen MR) is 80.1 cm³/mol. The van der Waals surface area contributed by atoms with E-state index in [0.29, 0.717) is 17.0 Å². The van der Waals surface area contributed by atoms with Crippen LogP contribution in [0.25, 0.3) is 0 Å². The van der Waals surface area contributed by atoms with Crippen LogP contribution in [0.1, 0.15) is 20.3 Å². The molecule has 0 aliphatic rings. The highest BCUT2D eigenvalue weighted by Gasteiger charge is 2.03. The molecular weight excluding hydrogens is 260 g/mol. The van der Waals surface area contributed by atoms with Crippen molar-refractivity contribution >= 4 is 29.1 Å². The lowest BCUT2D eigenvalue weighted by atomic mass is 10.2. The Bertz CT molecular complexity index is 544. The first-order chi connectivity index (χ1) is 9.17. The van der Waals surface area contributed by atoms with Crippen LogP contribution in [0, 0.1) is 0 Å². The molecule has 1 atom stereocenters. The zero-order valence-corrected chi connectivity index (χ0v) is 11.8. The van der Waals surface area contributed by atoms with Gasteiger partial charge in [-0.3, -0.25) is 0 Å². The maximum Gasteiger partial charge on any atom is 0.229 e. The first-order valence-electron chi connectivity index (χ1n) is 6.29. The summed E-state index contributed by atoms with van der Waals surface area (Å²) in [5.74, 6) is 1.37. The third-order valence-corrected chi connectivity index (χ3v) is 2.98. The Morgan fingerprint density at radius 1 is 1.32 bits per heavy atom. The molecule has 1 heterocycles. The van der Waals surface area contributed by atoms with Gasteiger partial charge in [0, 0.05) is 22.9 Å². The Morgan fingerprint density at radius 3 is 2.89 bits per heavy atom. The number of nitrogens with one attached hydrogen (secondary N) is 2. The van der Waals surface area contributed by atoms with Gasteiger partial charge >= 0.3 is 0 Å². The fourth-order valence-corrected chi connectivity index (χ4v) is 1.74. The molecule has 0 aliphatic heterocycles. The number of nitrogens with zero attached hydrogens (tertiary/aromatic N) is 2. The molecule has 100 valence electrons. The number of halogens is 1. The third kappa shape index (κ3) is 4.10. The minimum absolute atomic E-state index is 0.383. The van der Waals surface area contributed by atoms with E-state index in [1.807, 2.05) is 30.3 Å². The predicted octanol–water partition coefficient (Wildman–Crippen LogP) is 4.08. The molecule has 0 bridgehead atoms. The molecule has 1 unspecified atom stereocenters. The van der Waals surface area contributed by atoms with Crippen molar-refractivity contribution in [2.24, 2.45) is 0 Å². The van der Waals surface area contributed by atoms with Crippen molar-refractivity contribution in [2.75, 3.05) is 10.6 Å². The summed E-state index contributed by atoms with van der Waals surface area (Å²) in [4.78, 5) is 8.60. The van der Waals surface area contributed by atoms with E-state index in [1.54, 1.807) is 6.20 Å². The van der Waals surface area contributed by atoms with Crippen molar-refractivity contribution in [3.05, 3.63) is 41.6 Å². The Labute approximate surface area is 118 Å². The second-order valence-electron chi connectivity index (χ2n) is 4.35. The van der Waals surface area contributed by atoms with Gasteiger partial charge in [0.15, 0.2) is 0 Å². The molecule has 2 N–H and O–H groups in total. The average Bonchev–Trinajstić information content (AvgIpc) is 2.39. The number of hydrogen-bond acceptors (Lipinski definition) is 4. The molecule has 1 aromatic carbocycles. The van der Waals surface area contributed by atoms with Gasteiger partial charge in [0.1, 0.15) is 5.82 Å². The van der Waals surface area contributed by atoms with Gasteiger partial charge in [-0.15, -0.1) is 0 Å². The number of anilines is 3. The maximum atomic E-state index is 5.94. The highest BCUT2D eigenvalue weighted by Crippen LogP contribution is 2.18. The number of benzene rings is 1. The van der Waals surface area contributed by atoms with Crippen molar-refractivity contribution in [1.82, 2.24) is 9.97 Å². The molecule has 0 amide bonds. The van der Waals surface area contributed by atoms with Crippen molar-refractivity contribution in [3.8, 4) is 0 Å². The van der Waals surface area contributed by atoms with Gasteiger partial charge in [0.05, 0.1) is 0 Å². The molecule has 2 rings (SSSR count). The largest absolute Gasteiger partial charge is 0.367 e. The van der Waals surface area contributed by atoms with Crippen LogP contribution in [-0.2, 0) is 0 Å². The van der Waals surface area contributed by atoms with E-state index in [4.69, 9.17) is 11.6 Å². The van der Waals surface area contributed by atoms with Crippen LogP contribution in [0.2, 0.25) is 5.02 Å². The van der Waals surface area contributed by atoms with Crippen LogP contribution < -0.4 is 10.6 Å². The van der Waals surface area contributed by atoms with Gasteiger partial charge in [-0.1, -0.05) is 24.6 Å². The van der Waals surface area contributed by atoms with E-state index in [2.05, 4.69) is 34.4 Å². The lowest BCUT2D eigenvalue weighted by molar-refractivity contribution is 0.758. The minimum atomic E-state index is 0.383. The summed E-state index contributed by atoms with van der Waals surface area (Å²) in [6.07, 6.45) is 2.77. The topological polar surface area (TPSA) is 49.8 Å². The van der Waals surface area contributed by atoms with Crippen LogP contribution in [0.3, 0.4) is 0 Å². The molecule has 0 saturated carbocycles. The van der Waals surface area contributed by atoms with E-state index in [-0.39, 0.29) is 0 Å². The van der Waals surface area contributed by atoms with Crippen LogP contribution in [0.4, 0.5) is 17.5 Å². The lowest BCUT2D eigenvalue weighted by Crippen LogP contribution is -2.14. The summed E-state index contributed by atoms with van der Waals surface area (Å²) < 4.78 is 0. The molecule has 0 saturated heterocycles. The number of aromatic nitrogens is 2. The number of hydrogen-bond donors (Lipinski definition) is 2. The van der Waals surface area contributed by atoms with Crippen molar-refractivity contribution in [3.63, 3.8) is 0 Å². The van der Waals surface area contributed by atoms with Gasteiger partial charge in [-0.2, -0.15) is 4.98 Å².